The Kier molecular flexibility index (Phi) is 11.1. The summed E-state index contributed by atoms with van der Waals surface area (Å²) in [6, 6.07) is 0. The molecule has 1 amide bonds. The number of amides is 1. The van der Waals surface area contributed by atoms with Gasteiger partial charge in [0.15, 0.2) is 0 Å². The fraction of sp³-hybridized carbons (Fsp3) is 0.923. The standard InChI is InChI=1S/C13H26NO/c1-3-4-5-6-7-8-9-10-11-12-14-13(2)15/h3-12H2,1-2H3. The van der Waals surface area contributed by atoms with Gasteiger partial charge in [0.2, 0.25) is 5.91 Å². The summed E-state index contributed by atoms with van der Waals surface area (Å²) >= 11 is 0. The molecule has 0 aliphatic carbocycles. The van der Waals surface area contributed by atoms with Gasteiger partial charge in [-0.1, -0.05) is 58.3 Å². The van der Waals surface area contributed by atoms with Gasteiger partial charge in [-0.05, 0) is 6.42 Å². The summed E-state index contributed by atoms with van der Waals surface area (Å²) in [5, 5.41) is 3.84. The van der Waals surface area contributed by atoms with Crippen molar-refractivity contribution in [2.45, 2.75) is 71.6 Å². The van der Waals surface area contributed by atoms with Crippen LogP contribution in [0.2, 0.25) is 0 Å². The fourth-order valence-electron chi connectivity index (χ4n) is 1.66. The van der Waals surface area contributed by atoms with E-state index in [2.05, 4.69) is 12.2 Å². The summed E-state index contributed by atoms with van der Waals surface area (Å²) in [5.41, 5.74) is 0. The van der Waals surface area contributed by atoms with Gasteiger partial charge in [-0.25, -0.2) is 0 Å². The third kappa shape index (κ3) is 13.5. The minimum absolute atomic E-state index is 0.0328. The van der Waals surface area contributed by atoms with Crippen LogP contribution >= 0.6 is 0 Å². The SMILES string of the molecule is CCCCCCCCCCC[N]C(C)=O. The van der Waals surface area contributed by atoms with Crippen molar-refractivity contribution in [3.8, 4) is 0 Å². The van der Waals surface area contributed by atoms with E-state index in [1.54, 1.807) is 0 Å². The fourth-order valence-corrected chi connectivity index (χ4v) is 1.66. The predicted molar refractivity (Wildman–Crippen MR) is 64.9 cm³/mol. The van der Waals surface area contributed by atoms with E-state index >= 15 is 0 Å². The molecule has 0 spiro atoms. The Morgan fingerprint density at radius 1 is 0.867 bits per heavy atom. The third-order valence-electron chi connectivity index (χ3n) is 2.60. The topological polar surface area (TPSA) is 31.2 Å². The van der Waals surface area contributed by atoms with E-state index in [4.69, 9.17) is 0 Å². The second-order valence-corrected chi connectivity index (χ2v) is 4.23. The molecule has 0 bridgehead atoms. The van der Waals surface area contributed by atoms with E-state index in [9.17, 15) is 4.79 Å². The molecule has 0 unspecified atom stereocenters. The molecule has 15 heavy (non-hydrogen) atoms. The highest BCUT2D eigenvalue weighted by molar-refractivity contribution is 5.72. The van der Waals surface area contributed by atoms with Crippen LogP contribution in [0.1, 0.15) is 71.6 Å². The van der Waals surface area contributed by atoms with Crippen LogP contribution in [-0.2, 0) is 4.79 Å². The second-order valence-electron chi connectivity index (χ2n) is 4.23. The normalized spacial score (nSPS) is 10.3. The molecule has 0 aliphatic rings. The highest BCUT2D eigenvalue weighted by Crippen LogP contribution is 2.09. The number of rotatable bonds is 10. The molecule has 0 aromatic heterocycles. The van der Waals surface area contributed by atoms with E-state index in [-0.39, 0.29) is 5.91 Å². The average molecular weight is 212 g/mol. The van der Waals surface area contributed by atoms with Crippen molar-refractivity contribution in [2.75, 3.05) is 6.54 Å². The number of nitrogens with zero attached hydrogens (tertiary/aromatic N) is 1. The highest BCUT2D eigenvalue weighted by atomic mass is 16.1. The lowest BCUT2D eigenvalue weighted by molar-refractivity contribution is -0.119. The van der Waals surface area contributed by atoms with Crippen LogP contribution in [0, 0.1) is 0 Å². The van der Waals surface area contributed by atoms with Crippen molar-refractivity contribution >= 4 is 5.91 Å². The van der Waals surface area contributed by atoms with Gasteiger partial charge < -0.3 is 0 Å². The van der Waals surface area contributed by atoms with Gasteiger partial charge in [-0.3, -0.25) is 10.1 Å². The average Bonchev–Trinajstić information content (AvgIpc) is 2.20. The lowest BCUT2D eigenvalue weighted by Gasteiger charge is -2.01. The van der Waals surface area contributed by atoms with Crippen molar-refractivity contribution in [3.05, 3.63) is 0 Å². The monoisotopic (exact) mass is 212 g/mol. The van der Waals surface area contributed by atoms with Crippen molar-refractivity contribution in [1.82, 2.24) is 5.32 Å². The van der Waals surface area contributed by atoms with Crippen LogP contribution in [0.5, 0.6) is 0 Å². The molecule has 2 nitrogen and oxygen atoms in total. The largest absolute Gasteiger partial charge is 0.273 e. The summed E-state index contributed by atoms with van der Waals surface area (Å²) in [7, 11) is 0. The molecule has 0 saturated carbocycles. The zero-order valence-corrected chi connectivity index (χ0v) is 10.4. The first-order chi connectivity index (χ1) is 7.27. The summed E-state index contributed by atoms with van der Waals surface area (Å²) in [5.74, 6) is -0.0328. The number of carbonyl (C=O) groups excluding carboxylic acids is 1. The Bertz CT molecular complexity index is 145. The molecule has 1 radical (unpaired) electrons. The van der Waals surface area contributed by atoms with Crippen molar-refractivity contribution in [1.29, 1.82) is 0 Å². The molecule has 2 heteroatoms. The van der Waals surface area contributed by atoms with E-state index in [1.165, 1.54) is 58.3 Å². The summed E-state index contributed by atoms with van der Waals surface area (Å²) in [6.07, 6.45) is 11.8. The van der Waals surface area contributed by atoms with Gasteiger partial charge >= 0.3 is 0 Å². The number of carbonyl (C=O) groups is 1. The van der Waals surface area contributed by atoms with E-state index in [1.807, 2.05) is 0 Å². The van der Waals surface area contributed by atoms with Gasteiger partial charge in [0, 0.05) is 13.5 Å². The van der Waals surface area contributed by atoms with Gasteiger partial charge in [0.1, 0.15) is 0 Å². The Labute approximate surface area is 94.8 Å². The van der Waals surface area contributed by atoms with Crippen LogP contribution < -0.4 is 5.32 Å². The highest BCUT2D eigenvalue weighted by Gasteiger charge is 1.94. The zero-order valence-electron chi connectivity index (χ0n) is 10.4. The van der Waals surface area contributed by atoms with Crippen molar-refractivity contribution in [3.63, 3.8) is 0 Å². The molecule has 0 fully saturated rings. The Morgan fingerprint density at radius 3 is 1.80 bits per heavy atom. The number of hydrogen-bond donors (Lipinski definition) is 0. The third-order valence-corrected chi connectivity index (χ3v) is 2.60. The summed E-state index contributed by atoms with van der Waals surface area (Å²) in [6.45, 7) is 4.50. The molecule has 0 rings (SSSR count). The van der Waals surface area contributed by atoms with E-state index in [0.717, 1.165) is 13.0 Å². The second kappa shape index (κ2) is 11.5. The van der Waals surface area contributed by atoms with Crippen LogP contribution in [0.3, 0.4) is 0 Å². The molecule has 0 aromatic rings. The lowest BCUT2D eigenvalue weighted by atomic mass is 10.1. The van der Waals surface area contributed by atoms with Gasteiger partial charge in [-0.2, -0.15) is 0 Å². The molecule has 0 atom stereocenters. The quantitative estimate of drug-likeness (QED) is 0.508. The maximum Gasteiger partial charge on any atom is 0.238 e. The predicted octanol–water partition coefficient (Wildman–Crippen LogP) is 3.67. The van der Waals surface area contributed by atoms with Crippen LogP contribution in [0.4, 0.5) is 0 Å². The van der Waals surface area contributed by atoms with E-state index < -0.39 is 0 Å². The minimum Gasteiger partial charge on any atom is -0.273 e. The summed E-state index contributed by atoms with van der Waals surface area (Å²) in [4.78, 5) is 10.5. The maximum atomic E-state index is 10.5. The first kappa shape index (κ1) is 14.5. The van der Waals surface area contributed by atoms with Crippen molar-refractivity contribution in [2.24, 2.45) is 0 Å². The van der Waals surface area contributed by atoms with Gasteiger partial charge in [0.05, 0.1) is 0 Å². The molecule has 0 aromatic carbocycles. The smallest absolute Gasteiger partial charge is 0.238 e. The Balaban J connectivity index is 2.89. The number of hydrogen-bond acceptors (Lipinski definition) is 1. The lowest BCUT2D eigenvalue weighted by Crippen LogP contribution is -2.12. The first-order valence-corrected chi connectivity index (χ1v) is 6.45. The summed E-state index contributed by atoms with van der Waals surface area (Å²) < 4.78 is 0. The van der Waals surface area contributed by atoms with Gasteiger partial charge in [0.25, 0.3) is 0 Å². The maximum absolute atomic E-state index is 10.5. The van der Waals surface area contributed by atoms with Crippen LogP contribution in [-0.4, -0.2) is 12.5 Å². The Hall–Kier alpha value is -0.530. The zero-order chi connectivity index (χ0) is 11.4. The molecular weight excluding hydrogens is 186 g/mol. The molecular formula is C13H26NO. The molecule has 0 aliphatic heterocycles. The molecule has 0 N–H and O–H groups in total. The van der Waals surface area contributed by atoms with Crippen molar-refractivity contribution < 1.29 is 4.79 Å². The number of unbranched alkanes of at least 4 members (excludes halogenated alkanes) is 8. The molecule has 0 heterocycles. The molecule has 89 valence electrons. The van der Waals surface area contributed by atoms with Crippen LogP contribution in [0.25, 0.3) is 0 Å². The minimum atomic E-state index is -0.0328. The Morgan fingerprint density at radius 2 is 1.33 bits per heavy atom. The van der Waals surface area contributed by atoms with E-state index in [0.29, 0.717) is 0 Å². The van der Waals surface area contributed by atoms with Gasteiger partial charge in [-0.15, -0.1) is 0 Å². The first-order valence-electron chi connectivity index (χ1n) is 6.45. The van der Waals surface area contributed by atoms with Crippen LogP contribution in [0.15, 0.2) is 0 Å². The molecule has 0 saturated heterocycles.